The van der Waals surface area contributed by atoms with Crippen LogP contribution in [0.5, 0.6) is 0 Å². The molecule has 0 amide bonds. The minimum atomic E-state index is -3.49. The maximum atomic E-state index is 12.7. The molecule has 0 unspecified atom stereocenters. The monoisotopic (exact) mass is 333 g/mol. The highest BCUT2D eigenvalue weighted by atomic mass is 35.5. The SMILES string of the molecule is CS(=O)(=O)n1cc(C(=O)c2ccc(Cl)cc2)c2ccccc21. The van der Waals surface area contributed by atoms with Gasteiger partial charge in [-0.1, -0.05) is 29.8 Å². The Kier molecular flexibility index (Phi) is 3.54. The molecule has 0 atom stereocenters. The van der Waals surface area contributed by atoms with Crippen molar-refractivity contribution in [2.75, 3.05) is 6.26 Å². The van der Waals surface area contributed by atoms with Crippen molar-refractivity contribution >= 4 is 38.3 Å². The van der Waals surface area contributed by atoms with E-state index in [1.165, 1.54) is 6.20 Å². The highest BCUT2D eigenvalue weighted by molar-refractivity contribution is 7.89. The highest BCUT2D eigenvalue weighted by Crippen LogP contribution is 2.25. The lowest BCUT2D eigenvalue weighted by Gasteiger charge is -2.00. The van der Waals surface area contributed by atoms with Gasteiger partial charge in [0.25, 0.3) is 0 Å². The Bertz CT molecular complexity index is 972. The fraction of sp³-hybridized carbons (Fsp3) is 0.0625. The molecule has 6 heteroatoms. The molecule has 0 N–H and O–H groups in total. The van der Waals surface area contributed by atoms with Crippen molar-refractivity contribution in [3.05, 3.63) is 70.9 Å². The Morgan fingerprint density at radius 1 is 1.05 bits per heavy atom. The average Bonchev–Trinajstić information content (AvgIpc) is 2.87. The lowest BCUT2D eigenvalue weighted by molar-refractivity contribution is 0.104. The van der Waals surface area contributed by atoms with Gasteiger partial charge in [0.15, 0.2) is 5.78 Å². The number of rotatable bonds is 3. The van der Waals surface area contributed by atoms with Crippen LogP contribution in [0, 0.1) is 0 Å². The van der Waals surface area contributed by atoms with Crippen LogP contribution in [0.3, 0.4) is 0 Å². The van der Waals surface area contributed by atoms with Crippen LogP contribution in [-0.4, -0.2) is 24.4 Å². The number of carbonyl (C=O) groups is 1. The molecular formula is C16H12ClNO3S. The van der Waals surface area contributed by atoms with E-state index < -0.39 is 10.0 Å². The first-order valence-electron chi connectivity index (χ1n) is 6.49. The Morgan fingerprint density at radius 2 is 1.68 bits per heavy atom. The van der Waals surface area contributed by atoms with Crippen molar-refractivity contribution in [1.29, 1.82) is 0 Å². The van der Waals surface area contributed by atoms with E-state index in [0.29, 0.717) is 27.1 Å². The smallest absolute Gasteiger partial charge is 0.236 e. The molecule has 0 spiro atoms. The summed E-state index contributed by atoms with van der Waals surface area (Å²) >= 11 is 5.83. The summed E-state index contributed by atoms with van der Waals surface area (Å²) in [6.45, 7) is 0. The van der Waals surface area contributed by atoms with Crippen LogP contribution < -0.4 is 0 Å². The van der Waals surface area contributed by atoms with Gasteiger partial charge in [0.1, 0.15) is 0 Å². The average molecular weight is 334 g/mol. The Balaban J connectivity index is 2.23. The summed E-state index contributed by atoms with van der Waals surface area (Å²) in [5.74, 6) is -0.240. The van der Waals surface area contributed by atoms with Gasteiger partial charge >= 0.3 is 0 Å². The fourth-order valence-electron chi connectivity index (χ4n) is 2.36. The van der Waals surface area contributed by atoms with Gasteiger partial charge in [0.05, 0.1) is 11.8 Å². The predicted octanol–water partition coefficient (Wildman–Crippen LogP) is 3.33. The second-order valence-electron chi connectivity index (χ2n) is 4.95. The zero-order chi connectivity index (χ0) is 15.9. The third-order valence-corrected chi connectivity index (χ3v) is 4.66. The Hall–Kier alpha value is -2.11. The number of ketones is 1. The van der Waals surface area contributed by atoms with Crippen LogP contribution >= 0.6 is 11.6 Å². The number of hydrogen-bond acceptors (Lipinski definition) is 3. The van der Waals surface area contributed by atoms with Crippen LogP contribution in [0.25, 0.3) is 10.9 Å². The Labute approximate surface area is 133 Å². The van der Waals surface area contributed by atoms with Crippen LogP contribution in [-0.2, 0) is 10.0 Å². The molecule has 0 bridgehead atoms. The predicted molar refractivity (Wildman–Crippen MR) is 87.1 cm³/mol. The Morgan fingerprint density at radius 3 is 2.32 bits per heavy atom. The molecule has 2 aromatic carbocycles. The van der Waals surface area contributed by atoms with E-state index in [0.717, 1.165) is 10.2 Å². The number of nitrogens with zero attached hydrogens (tertiary/aromatic N) is 1. The van der Waals surface area contributed by atoms with E-state index in [9.17, 15) is 13.2 Å². The molecule has 112 valence electrons. The molecule has 3 rings (SSSR count). The van der Waals surface area contributed by atoms with Gasteiger partial charge in [-0.3, -0.25) is 4.79 Å². The van der Waals surface area contributed by atoms with Crippen molar-refractivity contribution in [3.8, 4) is 0 Å². The number of hydrogen-bond donors (Lipinski definition) is 0. The molecule has 0 saturated heterocycles. The molecule has 0 aliphatic rings. The zero-order valence-corrected chi connectivity index (χ0v) is 13.2. The van der Waals surface area contributed by atoms with Gasteiger partial charge < -0.3 is 0 Å². The molecule has 4 nitrogen and oxygen atoms in total. The van der Waals surface area contributed by atoms with E-state index in [1.54, 1.807) is 48.5 Å². The fourth-order valence-corrected chi connectivity index (χ4v) is 3.30. The summed E-state index contributed by atoms with van der Waals surface area (Å²) in [7, 11) is -3.49. The summed E-state index contributed by atoms with van der Waals surface area (Å²) in [6, 6.07) is 13.4. The van der Waals surface area contributed by atoms with Crippen LogP contribution in [0.4, 0.5) is 0 Å². The molecule has 1 heterocycles. The van der Waals surface area contributed by atoms with Crippen molar-refractivity contribution in [2.24, 2.45) is 0 Å². The first-order valence-corrected chi connectivity index (χ1v) is 8.71. The molecular weight excluding hydrogens is 322 g/mol. The zero-order valence-electron chi connectivity index (χ0n) is 11.7. The first kappa shape index (κ1) is 14.8. The quantitative estimate of drug-likeness (QED) is 0.691. The van der Waals surface area contributed by atoms with Gasteiger partial charge in [-0.2, -0.15) is 0 Å². The van der Waals surface area contributed by atoms with Crippen molar-refractivity contribution in [1.82, 2.24) is 3.97 Å². The summed E-state index contributed by atoms with van der Waals surface area (Å²) in [5, 5.41) is 1.14. The lowest BCUT2D eigenvalue weighted by atomic mass is 10.0. The van der Waals surface area contributed by atoms with Gasteiger partial charge in [-0.15, -0.1) is 0 Å². The minimum Gasteiger partial charge on any atom is -0.289 e. The molecule has 0 aliphatic heterocycles. The van der Waals surface area contributed by atoms with Crippen LogP contribution in [0.2, 0.25) is 5.02 Å². The molecule has 0 radical (unpaired) electrons. The van der Waals surface area contributed by atoms with Gasteiger partial charge in [-0.05, 0) is 30.3 Å². The number of halogens is 1. The first-order chi connectivity index (χ1) is 10.4. The molecule has 3 aromatic rings. The molecule has 0 aliphatic carbocycles. The minimum absolute atomic E-state index is 0.240. The van der Waals surface area contributed by atoms with E-state index in [-0.39, 0.29) is 5.78 Å². The summed E-state index contributed by atoms with van der Waals surface area (Å²) in [6.07, 6.45) is 2.48. The number of fused-ring (bicyclic) bond motifs is 1. The topological polar surface area (TPSA) is 56.1 Å². The van der Waals surface area contributed by atoms with E-state index in [2.05, 4.69) is 0 Å². The number of aromatic nitrogens is 1. The molecule has 22 heavy (non-hydrogen) atoms. The maximum absolute atomic E-state index is 12.7. The second kappa shape index (κ2) is 5.26. The van der Waals surface area contributed by atoms with E-state index in [4.69, 9.17) is 11.6 Å². The standard InChI is InChI=1S/C16H12ClNO3S/c1-22(20,21)18-10-14(13-4-2-3-5-15(13)18)16(19)11-6-8-12(17)9-7-11/h2-10H,1H3. The van der Waals surface area contributed by atoms with Crippen molar-refractivity contribution in [2.45, 2.75) is 0 Å². The van der Waals surface area contributed by atoms with E-state index in [1.807, 2.05) is 0 Å². The summed E-state index contributed by atoms with van der Waals surface area (Å²) in [5.41, 5.74) is 1.30. The summed E-state index contributed by atoms with van der Waals surface area (Å²) < 4.78 is 24.9. The van der Waals surface area contributed by atoms with Gasteiger partial charge in [0, 0.05) is 27.7 Å². The maximum Gasteiger partial charge on any atom is 0.236 e. The normalized spacial score (nSPS) is 11.7. The summed E-state index contributed by atoms with van der Waals surface area (Å²) in [4.78, 5) is 12.7. The van der Waals surface area contributed by atoms with Crippen LogP contribution in [0.1, 0.15) is 15.9 Å². The third-order valence-electron chi connectivity index (χ3n) is 3.39. The third kappa shape index (κ3) is 2.53. The lowest BCUT2D eigenvalue weighted by Crippen LogP contribution is -2.08. The second-order valence-corrected chi connectivity index (χ2v) is 7.25. The van der Waals surface area contributed by atoms with E-state index >= 15 is 0 Å². The largest absolute Gasteiger partial charge is 0.289 e. The van der Waals surface area contributed by atoms with Crippen LogP contribution in [0.15, 0.2) is 54.7 Å². The molecule has 0 saturated carbocycles. The number of benzene rings is 2. The molecule has 1 aromatic heterocycles. The number of para-hydroxylation sites is 1. The van der Waals surface area contributed by atoms with Gasteiger partial charge in [-0.25, -0.2) is 12.4 Å². The van der Waals surface area contributed by atoms with Crippen molar-refractivity contribution in [3.63, 3.8) is 0 Å². The number of carbonyl (C=O) groups excluding carboxylic acids is 1. The van der Waals surface area contributed by atoms with Gasteiger partial charge in [0.2, 0.25) is 10.0 Å². The highest BCUT2D eigenvalue weighted by Gasteiger charge is 2.19. The molecule has 0 fully saturated rings. The van der Waals surface area contributed by atoms with Crippen molar-refractivity contribution < 1.29 is 13.2 Å².